The van der Waals surface area contributed by atoms with Crippen molar-refractivity contribution < 1.29 is 4.74 Å². The number of rotatable bonds is 3. The molecule has 3 heteroatoms. The summed E-state index contributed by atoms with van der Waals surface area (Å²) in [4.78, 5) is 0. The number of para-hydroxylation sites is 3. The SMILES string of the molecule is CC1(C)Oc2cccc(-n3c4ccccc4c4cc(-c5ccc6c(c5)c5ccccc5n6-c5ccccc5)ccc43)c2-c2ccccc21. The van der Waals surface area contributed by atoms with Crippen molar-refractivity contribution in [2.75, 3.05) is 0 Å². The van der Waals surface area contributed by atoms with E-state index in [2.05, 4.69) is 181 Å². The van der Waals surface area contributed by atoms with Crippen molar-refractivity contribution in [3.8, 4) is 39.4 Å². The van der Waals surface area contributed by atoms with Crippen molar-refractivity contribution in [3.63, 3.8) is 0 Å². The Hall–Kier alpha value is -6.06. The fraction of sp³-hybridized carbons (Fsp3) is 0.0667. The summed E-state index contributed by atoms with van der Waals surface area (Å²) in [7, 11) is 0. The van der Waals surface area contributed by atoms with Crippen molar-refractivity contribution in [1.82, 2.24) is 9.13 Å². The van der Waals surface area contributed by atoms with Gasteiger partial charge in [0.2, 0.25) is 0 Å². The monoisotopic (exact) mass is 616 g/mol. The Balaban J connectivity index is 1.19. The molecule has 228 valence electrons. The minimum atomic E-state index is -0.410. The highest BCUT2D eigenvalue weighted by molar-refractivity contribution is 6.13. The molecule has 0 spiro atoms. The molecule has 3 heterocycles. The van der Waals surface area contributed by atoms with Gasteiger partial charge < -0.3 is 13.9 Å². The van der Waals surface area contributed by atoms with Crippen molar-refractivity contribution >= 4 is 43.6 Å². The highest BCUT2D eigenvalue weighted by Gasteiger charge is 2.34. The number of hydrogen-bond acceptors (Lipinski definition) is 1. The van der Waals surface area contributed by atoms with Crippen LogP contribution in [-0.4, -0.2) is 9.13 Å². The fourth-order valence-corrected chi connectivity index (χ4v) is 8.04. The van der Waals surface area contributed by atoms with Crippen LogP contribution < -0.4 is 4.74 Å². The third kappa shape index (κ3) is 3.82. The lowest BCUT2D eigenvalue weighted by Crippen LogP contribution is -2.29. The molecule has 0 amide bonds. The van der Waals surface area contributed by atoms with E-state index in [9.17, 15) is 0 Å². The van der Waals surface area contributed by atoms with Crippen molar-refractivity contribution in [2.24, 2.45) is 0 Å². The molecule has 9 aromatic rings. The van der Waals surface area contributed by atoms with E-state index in [-0.39, 0.29) is 0 Å². The zero-order valence-electron chi connectivity index (χ0n) is 26.8. The molecule has 0 unspecified atom stereocenters. The molecular formula is C45H32N2O. The van der Waals surface area contributed by atoms with Crippen LogP contribution in [0, 0.1) is 0 Å². The zero-order chi connectivity index (χ0) is 32.0. The quantitative estimate of drug-likeness (QED) is 0.193. The first kappa shape index (κ1) is 27.1. The van der Waals surface area contributed by atoms with E-state index in [1.165, 1.54) is 71.6 Å². The molecule has 0 bridgehead atoms. The molecule has 0 atom stereocenters. The Morgan fingerprint density at radius 3 is 1.73 bits per heavy atom. The highest BCUT2D eigenvalue weighted by atomic mass is 16.5. The van der Waals surface area contributed by atoms with Crippen LogP contribution in [0.4, 0.5) is 0 Å². The number of nitrogens with zero attached hydrogens (tertiary/aromatic N) is 2. The number of aromatic nitrogens is 2. The van der Waals surface area contributed by atoms with Crippen molar-refractivity contribution in [3.05, 3.63) is 163 Å². The molecule has 1 aliphatic rings. The lowest BCUT2D eigenvalue weighted by Gasteiger charge is -2.36. The minimum absolute atomic E-state index is 0.410. The van der Waals surface area contributed by atoms with Gasteiger partial charge in [0.25, 0.3) is 0 Å². The molecule has 0 saturated carbocycles. The molecule has 0 saturated heterocycles. The number of fused-ring (bicyclic) bond motifs is 9. The molecule has 0 fully saturated rings. The maximum absolute atomic E-state index is 6.67. The Morgan fingerprint density at radius 1 is 0.458 bits per heavy atom. The summed E-state index contributed by atoms with van der Waals surface area (Å²) < 4.78 is 11.5. The molecule has 7 aromatic carbocycles. The number of ether oxygens (including phenoxy) is 1. The Kier molecular flexibility index (Phi) is 5.63. The van der Waals surface area contributed by atoms with E-state index in [1.54, 1.807) is 0 Å². The first-order valence-electron chi connectivity index (χ1n) is 16.6. The molecule has 0 aliphatic carbocycles. The standard InChI is InChI=1S/C45H32N2O/c1-45(2)37-18-9-6-17-34(37)44-42(21-12-22-43(44)48-45)47-39-20-11-8-16-33(39)36-28-30(24-26-41(36)47)29-23-25-40-35(27-29)32-15-7-10-19-38(32)46(40)31-13-4-3-5-14-31/h3-28H,1-2H3. The predicted molar refractivity (Wildman–Crippen MR) is 200 cm³/mol. The predicted octanol–water partition coefficient (Wildman–Crippen LogP) is 11.8. The normalized spacial score (nSPS) is 13.5. The smallest absolute Gasteiger partial charge is 0.130 e. The van der Waals surface area contributed by atoms with Crippen LogP contribution in [0.25, 0.3) is 77.2 Å². The van der Waals surface area contributed by atoms with E-state index < -0.39 is 5.60 Å². The molecule has 0 radical (unpaired) electrons. The first-order valence-corrected chi connectivity index (χ1v) is 16.6. The van der Waals surface area contributed by atoms with E-state index in [4.69, 9.17) is 4.74 Å². The van der Waals surface area contributed by atoms with Gasteiger partial charge in [0, 0.05) is 38.4 Å². The van der Waals surface area contributed by atoms with Gasteiger partial charge in [0.1, 0.15) is 11.4 Å². The van der Waals surface area contributed by atoms with Crippen LogP contribution >= 0.6 is 0 Å². The second-order valence-corrected chi connectivity index (χ2v) is 13.3. The van der Waals surface area contributed by atoms with E-state index in [1.807, 2.05) is 0 Å². The summed E-state index contributed by atoms with van der Waals surface area (Å²) in [6, 6.07) is 57.1. The van der Waals surface area contributed by atoms with E-state index in [0.717, 1.165) is 17.0 Å². The number of benzene rings is 7. The third-order valence-corrected chi connectivity index (χ3v) is 10.1. The topological polar surface area (TPSA) is 19.1 Å². The molecule has 10 rings (SSSR count). The van der Waals surface area contributed by atoms with Crippen LogP contribution in [0.2, 0.25) is 0 Å². The number of hydrogen-bond donors (Lipinski definition) is 0. The van der Waals surface area contributed by atoms with Gasteiger partial charge >= 0.3 is 0 Å². The molecule has 2 aromatic heterocycles. The van der Waals surface area contributed by atoms with Gasteiger partial charge in [0.05, 0.1) is 27.8 Å². The summed E-state index contributed by atoms with van der Waals surface area (Å²) in [6.45, 7) is 4.31. The molecule has 3 nitrogen and oxygen atoms in total. The second-order valence-electron chi connectivity index (χ2n) is 13.3. The summed E-state index contributed by atoms with van der Waals surface area (Å²) in [5.74, 6) is 0.918. The summed E-state index contributed by atoms with van der Waals surface area (Å²) in [6.07, 6.45) is 0. The molecule has 0 N–H and O–H groups in total. The molecule has 1 aliphatic heterocycles. The minimum Gasteiger partial charge on any atom is -0.482 e. The average Bonchev–Trinajstić information content (AvgIpc) is 3.64. The summed E-state index contributed by atoms with van der Waals surface area (Å²) in [5, 5.41) is 4.99. The van der Waals surface area contributed by atoms with Gasteiger partial charge in [-0.3, -0.25) is 0 Å². The van der Waals surface area contributed by atoms with E-state index >= 15 is 0 Å². The summed E-state index contributed by atoms with van der Waals surface area (Å²) >= 11 is 0. The fourth-order valence-electron chi connectivity index (χ4n) is 8.04. The maximum Gasteiger partial charge on any atom is 0.130 e. The first-order chi connectivity index (χ1) is 23.6. The van der Waals surface area contributed by atoms with E-state index in [0.29, 0.717) is 0 Å². The largest absolute Gasteiger partial charge is 0.482 e. The maximum atomic E-state index is 6.67. The van der Waals surface area contributed by atoms with Gasteiger partial charge in [-0.2, -0.15) is 0 Å². The van der Waals surface area contributed by atoms with Gasteiger partial charge in [-0.05, 0) is 91.2 Å². The van der Waals surface area contributed by atoms with Gasteiger partial charge in [-0.1, -0.05) is 97.1 Å². The molecular weight excluding hydrogens is 585 g/mol. The second kappa shape index (κ2) is 9.97. The van der Waals surface area contributed by atoms with Gasteiger partial charge in [-0.15, -0.1) is 0 Å². The van der Waals surface area contributed by atoms with Gasteiger partial charge in [0.15, 0.2) is 0 Å². The van der Waals surface area contributed by atoms with Crippen LogP contribution in [0.15, 0.2) is 158 Å². The zero-order valence-corrected chi connectivity index (χ0v) is 26.8. The van der Waals surface area contributed by atoms with Crippen molar-refractivity contribution in [1.29, 1.82) is 0 Å². The van der Waals surface area contributed by atoms with Crippen LogP contribution in [0.3, 0.4) is 0 Å². The lowest BCUT2D eigenvalue weighted by atomic mass is 9.85. The molecule has 48 heavy (non-hydrogen) atoms. The Morgan fingerprint density at radius 2 is 1.02 bits per heavy atom. The van der Waals surface area contributed by atoms with Crippen LogP contribution in [0.5, 0.6) is 5.75 Å². The van der Waals surface area contributed by atoms with Crippen molar-refractivity contribution in [2.45, 2.75) is 19.4 Å². The third-order valence-electron chi connectivity index (χ3n) is 10.1. The Labute approximate surface area is 278 Å². The van der Waals surface area contributed by atoms with Gasteiger partial charge in [-0.25, -0.2) is 0 Å². The van der Waals surface area contributed by atoms with Crippen LogP contribution in [0.1, 0.15) is 19.4 Å². The highest BCUT2D eigenvalue weighted by Crippen LogP contribution is 2.49. The Bertz CT molecular complexity index is 2730. The lowest BCUT2D eigenvalue weighted by molar-refractivity contribution is 0.106. The summed E-state index contributed by atoms with van der Waals surface area (Å²) in [5.41, 5.74) is 12.7. The average molecular weight is 617 g/mol. The van der Waals surface area contributed by atoms with Crippen LogP contribution in [-0.2, 0) is 5.60 Å².